The van der Waals surface area contributed by atoms with E-state index in [1.165, 1.54) is 15.6 Å². The maximum absolute atomic E-state index is 12.7. The minimum Gasteiger partial charge on any atom is -0.229 e. The maximum atomic E-state index is 12.7. The second-order valence-corrected chi connectivity index (χ2v) is 10.1. The molecule has 0 saturated carbocycles. The van der Waals surface area contributed by atoms with Crippen LogP contribution in [-0.4, -0.2) is 45.7 Å². The topological polar surface area (TPSA) is 71.5 Å². The minimum absolute atomic E-state index is 0.0156. The van der Waals surface area contributed by atoms with Crippen molar-refractivity contribution >= 4 is 42.8 Å². The minimum atomic E-state index is -3.67. The zero-order valence-electron chi connectivity index (χ0n) is 11.0. The van der Waals surface area contributed by atoms with Crippen molar-refractivity contribution in [2.45, 2.75) is 24.1 Å². The summed E-state index contributed by atoms with van der Waals surface area (Å²) in [6, 6.07) is 0. The van der Waals surface area contributed by atoms with Crippen molar-refractivity contribution in [1.29, 1.82) is 0 Å². The van der Waals surface area contributed by atoms with Crippen LogP contribution in [0.3, 0.4) is 0 Å². The van der Waals surface area contributed by atoms with E-state index >= 15 is 0 Å². The first-order chi connectivity index (χ1) is 9.28. The molecular weight excluding hydrogens is 342 g/mol. The van der Waals surface area contributed by atoms with Crippen molar-refractivity contribution in [3.63, 3.8) is 0 Å². The lowest BCUT2D eigenvalue weighted by molar-refractivity contribution is 0.434. The molecule has 0 atom stereocenters. The normalized spacial score (nSPS) is 20.7. The number of halogens is 1. The van der Waals surface area contributed by atoms with Gasteiger partial charge in [0.2, 0.25) is 10.0 Å². The van der Waals surface area contributed by atoms with Gasteiger partial charge in [-0.1, -0.05) is 0 Å². The first-order valence-electron chi connectivity index (χ1n) is 6.11. The molecule has 0 spiro atoms. The highest BCUT2D eigenvalue weighted by Gasteiger charge is 2.32. The molecule has 2 heterocycles. The van der Waals surface area contributed by atoms with E-state index in [0.29, 0.717) is 16.9 Å². The molecule has 114 valence electrons. The van der Waals surface area contributed by atoms with E-state index in [2.05, 4.69) is 0 Å². The maximum Gasteiger partial charge on any atom is 0.244 e. The Hall–Kier alpha value is -0.150. The van der Waals surface area contributed by atoms with Gasteiger partial charge < -0.3 is 0 Å². The molecule has 0 amide bonds. The predicted octanol–water partition coefficient (Wildman–Crippen LogP) is 1.60. The Morgan fingerprint density at radius 3 is 2.70 bits per heavy atom. The van der Waals surface area contributed by atoms with Crippen molar-refractivity contribution in [3.8, 4) is 0 Å². The Morgan fingerprint density at radius 1 is 1.35 bits per heavy atom. The lowest BCUT2D eigenvalue weighted by Crippen LogP contribution is -2.34. The number of sulfonamides is 1. The Balaban J connectivity index is 2.37. The molecule has 5 nitrogen and oxygen atoms in total. The summed E-state index contributed by atoms with van der Waals surface area (Å²) < 4.78 is 49.8. The van der Waals surface area contributed by atoms with E-state index in [4.69, 9.17) is 11.6 Å². The van der Waals surface area contributed by atoms with Gasteiger partial charge in [-0.05, 0) is 24.3 Å². The summed E-state index contributed by atoms with van der Waals surface area (Å²) in [4.78, 5) is 0.855. The summed E-state index contributed by atoms with van der Waals surface area (Å²) in [5, 5.41) is 1.76. The number of nitrogens with zero attached hydrogens (tertiary/aromatic N) is 1. The molecule has 1 aromatic rings. The van der Waals surface area contributed by atoms with Crippen molar-refractivity contribution < 1.29 is 16.8 Å². The van der Waals surface area contributed by atoms with Crippen LogP contribution in [0.4, 0.5) is 0 Å². The monoisotopic (exact) mass is 357 g/mol. The molecule has 2 rings (SSSR count). The zero-order valence-corrected chi connectivity index (χ0v) is 14.2. The van der Waals surface area contributed by atoms with Gasteiger partial charge in [-0.3, -0.25) is 0 Å². The van der Waals surface area contributed by atoms with Crippen LogP contribution in [-0.2, 0) is 25.7 Å². The second kappa shape index (κ2) is 5.92. The quantitative estimate of drug-likeness (QED) is 0.770. The van der Waals surface area contributed by atoms with Crippen LogP contribution in [0.2, 0.25) is 0 Å². The Bertz CT molecular complexity index is 693. The molecule has 1 aliphatic rings. The summed E-state index contributed by atoms with van der Waals surface area (Å²) in [5.41, 5.74) is 0.665. The molecule has 0 aliphatic carbocycles. The highest BCUT2D eigenvalue weighted by molar-refractivity contribution is 7.91. The molecular formula is C11H16ClNO4S3. The molecule has 0 bridgehead atoms. The standard InChI is InChI=1S/C11H16ClNO4S3/c1-9-8-18-10(7-12)11(9)20(16,17)13-3-2-5-19(14,15)6-4-13/h8H,2-7H2,1H3. The van der Waals surface area contributed by atoms with E-state index in [-0.39, 0.29) is 35.4 Å². The highest BCUT2D eigenvalue weighted by Crippen LogP contribution is 2.31. The fraction of sp³-hybridized carbons (Fsp3) is 0.636. The van der Waals surface area contributed by atoms with E-state index in [9.17, 15) is 16.8 Å². The van der Waals surface area contributed by atoms with Crippen molar-refractivity contribution in [1.82, 2.24) is 4.31 Å². The van der Waals surface area contributed by atoms with E-state index in [1.807, 2.05) is 0 Å². The fourth-order valence-electron chi connectivity index (χ4n) is 2.21. The number of hydrogen-bond acceptors (Lipinski definition) is 5. The average molecular weight is 358 g/mol. The van der Waals surface area contributed by atoms with E-state index in [0.717, 1.165) is 0 Å². The Labute approximate surface area is 128 Å². The van der Waals surface area contributed by atoms with Crippen LogP contribution < -0.4 is 0 Å². The number of hydrogen-bond donors (Lipinski definition) is 0. The average Bonchev–Trinajstić information content (AvgIpc) is 2.64. The van der Waals surface area contributed by atoms with Gasteiger partial charge in [0.15, 0.2) is 9.84 Å². The lowest BCUT2D eigenvalue weighted by Gasteiger charge is -2.20. The summed E-state index contributed by atoms with van der Waals surface area (Å²) in [6.45, 7) is 1.98. The molecule has 1 fully saturated rings. The number of rotatable bonds is 3. The molecule has 0 N–H and O–H groups in total. The van der Waals surface area contributed by atoms with Gasteiger partial charge in [0.1, 0.15) is 4.90 Å². The van der Waals surface area contributed by atoms with Crippen molar-refractivity contribution in [2.24, 2.45) is 0 Å². The number of alkyl halides is 1. The molecule has 1 aromatic heterocycles. The van der Waals surface area contributed by atoms with E-state index in [1.54, 1.807) is 12.3 Å². The number of sulfone groups is 1. The van der Waals surface area contributed by atoms with Gasteiger partial charge in [0, 0.05) is 18.0 Å². The molecule has 20 heavy (non-hydrogen) atoms. The predicted molar refractivity (Wildman–Crippen MR) is 80.6 cm³/mol. The summed E-state index contributed by atoms with van der Waals surface area (Å²) in [5.74, 6) is 0.0643. The third kappa shape index (κ3) is 3.19. The fourth-order valence-corrected chi connectivity index (χ4v) is 7.09. The molecule has 9 heteroatoms. The van der Waals surface area contributed by atoms with Gasteiger partial charge >= 0.3 is 0 Å². The summed E-state index contributed by atoms with van der Waals surface area (Å²) in [7, 11) is -6.81. The molecule has 1 saturated heterocycles. The Morgan fingerprint density at radius 2 is 2.05 bits per heavy atom. The SMILES string of the molecule is Cc1csc(CCl)c1S(=O)(=O)N1CCCS(=O)(=O)CC1. The zero-order chi connectivity index (χ0) is 15.0. The van der Waals surface area contributed by atoms with Crippen LogP contribution >= 0.6 is 22.9 Å². The first-order valence-corrected chi connectivity index (χ1v) is 10.8. The highest BCUT2D eigenvalue weighted by atomic mass is 35.5. The van der Waals surface area contributed by atoms with Crippen LogP contribution in [0.5, 0.6) is 0 Å². The number of thiophene rings is 1. The summed E-state index contributed by atoms with van der Waals surface area (Å²) in [6.07, 6.45) is 0.334. The number of aryl methyl sites for hydroxylation is 1. The van der Waals surface area contributed by atoms with Crippen LogP contribution in [0.25, 0.3) is 0 Å². The molecule has 1 aliphatic heterocycles. The van der Waals surface area contributed by atoms with Gasteiger partial charge in [-0.15, -0.1) is 22.9 Å². The van der Waals surface area contributed by atoms with Gasteiger partial charge in [0.25, 0.3) is 0 Å². The molecule has 0 unspecified atom stereocenters. The van der Waals surface area contributed by atoms with Crippen molar-refractivity contribution in [2.75, 3.05) is 24.6 Å². The van der Waals surface area contributed by atoms with E-state index < -0.39 is 19.9 Å². The smallest absolute Gasteiger partial charge is 0.229 e. The van der Waals surface area contributed by atoms with Gasteiger partial charge in [-0.25, -0.2) is 16.8 Å². The Kier molecular flexibility index (Phi) is 4.80. The lowest BCUT2D eigenvalue weighted by atomic mass is 10.3. The van der Waals surface area contributed by atoms with Gasteiger partial charge in [-0.2, -0.15) is 4.31 Å². The van der Waals surface area contributed by atoms with Crippen LogP contribution in [0, 0.1) is 6.92 Å². The third-order valence-electron chi connectivity index (χ3n) is 3.22. The largest absolute Gasteiger partial charge is 0.244 e. The molecule has 0 radical (unpaired) electrons. The molecule has 0 aromatic carbocycles. The van der Waals surface area contributed by atoms with Crippen LogP contribution in [0.15, 0.2) is 10.3 Å². The third-order valence-corrected chi connectivity index (χ3v) is 8.73. The van der Waals surface area contributed by atoms with Crippen molar-refractivity contribution in [3.05, 3.63) is 15.8 Å². The second-order valence-electron chi connectivity index (χ2n) is 4.71. The van der Waals surface area contributed by atoms with Crippen LogP contribution in [0.1, 0.15) is 16.9 Å². The first kappa shape index (κ1) is 16.2. The summed E-state index contributed by atoms with van der Waals surface area (Å²) >= 11 is 7.12. The van der Waals surface area contributed by atoms with Gasteiger partial charge in [0.05, 0.1) is 17.4 Å².